The Morgan fingerprint density at radius 2 is 1.92 bits per heavy atom. The minimum Gasteiger partial charge on any atom is -0.406 e. The number of halogens is 4. The van der Waals surface area contributed by atoms with Gasteiger partial charge in [-0.3, -0.25) is 4.79 Å². The van der Waals surface area contributed by atoms with Gasteiger partial charge in [0.1, 0.15) is 11.9 Å². The molecule has 0 aliphatic carbocycles. The molecule has 26 heavy (non-hydrogen) atoms. The normalized spacial score (nSPS) is 20.4. The lowest BCUT2D eigenvalue weighted by molar-refractivity contribution is -0.274. The number of anilines is 1. The number of piperidine rings is 1. The van der Waals surface area contributed by atoms with Gasteiger partial charge in [0.05, 0.1) is 12.6 Å². The molecule has 1 aromatic rings. The molecule has 1 aliphatic rings. The maximum Gasteiger partial charge on any atom is 0.573 e. The molecule has 2 N–H and O–H groups in total. The summed E-state index contributed by atoms with van der Waals surface area (Å²) in [6.45, 7) is 1.96. The second-order valence-corrected chi connectivity index (χ2v) is 5.78. The number of nitrogens with one attached hydrogen (secondary N) is 2. The molecule has 1 fully saturated rings. The Bertz CT molecular complexity index is 637. The van der Waals surface area contributed by atoms with Crippen LogP contribution in [0.25, 0.3) is 0 Å². The second-order valence-electron chi connectivity index (χ2n) is 5.78. The standard InChI is InChI=1S/C16H19F4N3O3/c1-2-14(24)23-8-7-13(12(17)9-23)22-15(25)21-10-3-5-11(6-4-10)26-16(18,19)20/h3-6,12-13H,2,7-9H2,1H3,(H2,21,22,25)/t12-,13-/m0/s1. The summed E-state index contributed by atoms with van der Waals surface area (Å²) in [5.41, 5.74) is 0.228. The Morgan fingerprint density at radius 1 is 1.27 bits per heavy atom. The molecule has 1 heterocycles. The maximum atomic E-state index is 14.1. The van der Waals surface area contributed by atoms with Gasteiger partial charge in [-0.05, 0) is 30.7 Å². The number of ether oxygens (including phenoxy) is 1. The van der Waals surface area contributed by atoms with Crippen LogP contribution in [0.5, 0.6) is 5.75 Å². The van der Waals surface area contributed by atoms with Crippen molar-refractivity contribution in [2.45, 2.75) is 38.3 Å². The number of amides is 3. The number of hydrogen-bond donors (Lipinski definition) is 2. The highest BCUT2D eigenvalue weighted by molar-refractivity contribution is 5.89. The van der Waals surface area contributed by atoms with Crippen LogP contribution in [0.2, 0.25) is 0 Å². The number of rotatable bonds is 4. The lowest BCUT2D eigenvalue weighted by Crippen LogP contribution is -2.54. The monoisotopic (exact) mass is 377 g/mol. The molecule has 0 bridgehead atoms. The Morgan fingerprint density at radius 3 is 2.46 bits per heavy atom. The molecular weight excluding hydrogens is 358 g/mol. The van der Waals surface area contributed by atoms with E-state index in [1.807, 2.05) is 0 Å². The molecule has 0 spiro atoms. The number of likely N-dealkylation sites (tertiary alicyclic amines) is 1. The molecule has 0 aromatic heterocycles. The number of nitrogens with zero attached hydrogens (tertiary/aromatic N) is 1. The topological polar surface area (TPSA) is 70.7 Å². The average Bonchev–Trinajstić information content (AvgIpc) is 2.56. The van der Waals surface area contributed by atoms with Gasteiger partial charge in [0.2, 0.25) is 5.91 Å². The Kier molecular flexibility index (Phi) is 6.27. The van der Waals surface area contributed by atoms with Crippen LogP contribution in [0.15, 0.2) is 24.3 Å². The zero-order valence-corrected chi connectivity index (χ0v) is 14.0. The zero-order valence-electron chi connectivity index (χ0n) is 14.0. The molecule has 0 saturated carbocycles. The summed E-state index contributed by atoms with van der Waals surface area (Å²) in [5, 5.41) is 4.88. The molecule has 6 nitrogen and oxygen atoms in total. The van der Waals surface area contributed by atoms with Crippen LogP contribution in [-0.4, -0.2) is 48.5 Å². The van der Waals surface area contributed by atoms with Gasteiger partial charge in [-0.25, -0.2) is 9.18 Å². The second kappa shape index (κ2) is 8.24. The van der Waals surface area contributed by atoms with Crippen molar-refractivity contribution in [1.82, 2.24) is 10.2 Å². The highest BCUT2D eigenvalue weighted by Crippen LogP contribution is 2.24. The first-order valence-corrected chi connectivity index (χ1v) is 8.03. The lowest BCUT2D eigenvalue weighted by atomic mass is 10.0. The smallest absolute Gasteiger partial charge is 0.406 e. The van der Waals surface area contributed by atoms with Crippen molar-refractivity contribution in [2.75, 3.05) is 18.4 Å². The fourth-order valence-electron chi connectivity index (χ4n) is 2.59. The minimum absolute atomic E-state index is 0.0822. The van der Waals surface area contributed by atoms with Gasteiger partial charge in [-0.15, -0.1) is 13.2 Å². The van der Waals surface area contributed by atoms with Crippen LogP contribution < -0.4 is 15.4 Å². The van der Waals surface area contributed by atoms with E-state index in [4.69, 9.17) is 0 Å². The van der Waals surface area contributed by atoms with E-state index in [0.29, 0.717) is 13.0 Å². The van der Waals surface area contributed by atoms with E-state index in [2.05, 4.69) is 15.4 Å². The summed E-state index contributed by atoms with van der Waals surface area (Å²) in [5.74, 6) is -0.558. The van der Waals surface area contributed by atoms with E-state index >= 15 is 0 Å². The molecule has 10 heteroatoms. The summed E-state index contributed by atoms with van der Waals surface area (Å²) in [6, 6.07) is 3.14. The molecule has 1 saturated heterocycles. The largest absolute Gasteiger partial charge is 0.573 e. The number of carbonyl (C=O) groups excluding carboxylic acids is 2. The lowest BCUT2D eigenvalue weighted by Gasteiger charge is -2.34. The Labute approximate surface area is 147 Å². The van der Waals surface area contributed by atoms with Crippen molar-refractivity contribution in [3.8, 4) is 5.75 Å². The molecule has 0 unspecified atom stereocenters. The van der Waals surface area contributed by atoms with Gasteiger partial charge in [0, 0.05) is 18.7 Å². The molecule has 2 atom stereocenters. The third-order valence-corrected chi connectivity index (χ3v) is 3.86. The number of hydrogen-bond acceptors (Lipinski definition) is 3. The van der Waals surface area contributed by atoms with E-state index in [1.54, 1.807) is 6.92 Å². The van der Waals surface area contributed by atoms with E-state index in [9.17, 15) is 27.2 Å². The highest BCUT2D eigenvalue weighted by atomic mass is 19.4. The SMILES string of the molecule is CCC(=O)N1CC[C@H](NC(=O)Nc2ccc(OC(F)(F)F)cc2)[C@@H](F)C1. The molecular formula is C16H19F4N3O3. The first kappa shape index (κ1) is 19.8. The Balaban J connectivity index is 1.84. The molecule has 2 rings (SSSR count). The predicted molar refractivity (Wildman–Crippen MR) is 85.5 cm³/mol. The first-order valence-electron chi connectivity index (χ1n) is 8.03. The summed E-state index contributed by atoms with van der Waals surface area (Å²) >= 11 is 0. The predicted octanol–water partition coefficient (Wildman–Crippen LogP) is 3.06. The molecule has 1 aromatic carbocycles. The number of benzene rings is 1. The van der Waals surface area contributed by atoms with Crippen molar-refractivity contribution in [3.05, 3.63) is 24.3 Å². The van der Waals surface area contributed by atoms with Crippen molar-refractivity contribution >= 4 is 17.6 Å². The molecule has 0 radical (unpaired) electrons. The third kappa shape index (κ3) is 5.78. The molecule has 1 aliphatic heterocycles. The number of urea groups is 1. The minimum atomic E-state index is -4.80. The van der Waals surface area contributed by atoms with E-state index < -0.39 is 30.4 Å². The molecule has 144 valence electrons. The fraction of sp³-hybridized carbons (Fsp3) is 0.500. The van der Waals surface area contributed by atoms with Crippen LogP contribution in [0.1, 0.15) is 19.8 Å². The van der Waals surface area contributed by atoms with Crippen LogP contribution in [-0.2, 0) is 4.79 Å². The summed E-state index contributed by atoms with van der Waals surface area (Å²) in [6.07, 6.45) is -5.62. The van der Waals surface area contributed by atoms with Crippen molar-refractivity contribution in [1.29, 1.82) is 0 Å². The van der Waals surface area contributed by atoms with Crippen molar-refractivity contribution in [3.63, 3.8) is 0 Å². The highest BCUT2D eigenvalue weighted by Gasteiger charge is 2.32. The van der Waals surface area contributed by atoms with Crippen LogP contribution in [0, 0.1) is 0 Å². The zero-order chi connectivity index (χ0) is 19.3. The Hall–Kier alpha value is -2.52. The first-order chi connectivity index (χ1) is 12.2. The van der Waals surface area contributed by atoms with Crippen LogP contribution in [0.4, 0.5) is 28.0 Å². The fourth-order valence-corrected chi connectivity index (χ4v) is 2.59. The van der Waals surface area contributed by atoms with Gasteiger partial charge in [-0.2, -0.15) is 0 Å². The summed E-state index contributed by atoms with van der Waals surface area (Å²) < 4.78 is 54.1. The van der Waals surface area contributed by atoms with Gasteiger partial charge >= 0.3 is 12.4 Å². The van der Waals surface area contributed by atoms with Gasteiger partial charge < -0.3 is 20.3 Å². The van der Waals surface area contributed by atoms with E-state index in [1.165, 1.54) is 17.0 Å². The summed E-state index contributed by atoms with van der Waals surface area (Å²) in [7, 11) is 0. The quantitative estimate of drug-likeness (QED) is 0.793. The number of alkyl halides is 4. The van der Waals surface area contributed by atoms with Crippen LogP contribution >= 0.6 is 0 Å². The van der Waals surface area contributed by atoms with Gasteiger partial charge in [0.15, 0.2) is 0 Å². The van der Waals surface area contributed by atoms with E-state index in [-0.39, 0.29) is 24.6 Å². The van der Waals surface area contributed by atoms with Crippen molar-refractivity contribution < 1.29 is 31.9 Å². The third-order valence-electron chi connectivity index (χ3n) is 3.86. The summed E-state index contributed by atoms with van der Waals surface area (Å²) in [4.78, 5) is 24.9. The average molecular weight is 377 g/mol. The van der Waals surface area contributed by atoms with Gasteiger partial charge in [-0.1, -0.05) is 6.92 Å². The van der Waals surface area contributed by atoms with E-state index in [0.717, 1.165) is 12.1 Å². The number of carbonyl (C=O) groups is 2. The maximum absolute atomic E-state index is 14.1. The molecule has 3 amide bonds. The van der Waals surface area contributed by atoms with Gasteiger partial charge in [0.25, 0.3) is 0 Å². The van der Waals surface area contributed by atoms with Crippen molar-refractivity contribution in [2.24, 2.45) is 0 Å². The van der Waals surface area contributed by atoms with Crippen LogP contribution in [0.3, 0.4) is 0 Å².